The Morgan fingerprint density at radius 2 is 1.50 bits per heavy atom. The zero-order valence-electron chi connectivity index (χ0n) is 15.5. The lowest BCUT2D eigenvalue weighted by Crippen LogP contribution is -2.22. The van der Waals surface area contributed by atoms with Crippen LogP contribution in [0.4, 0.5) is 5.69 Å². The molecule has 1 aromatic carbocycles. The Kier molecular flexibility index (Phi) is 9.06. The summed E-state index contributed by atoms with van der Waals surface area (Å²) in [5, 5.41) is 0. The number of hydrogen-bond donors (Lipinski definition) is 0. The molecule has 0 radical (unpaired) electrons. The van der Waals surface area contributed by atoms with Gasteiger partial charge < -0.3 is 4.90 Å². The van der Waals surface area contributed by atoms with Gasteiger partial charge in [0.1, 0.15) is 11.6 Å². The first-order chi connectivity index (χ1) is 11.5. The normalized spacial score (nSPS) is 11.2. The molecule has 132 valence electrons. The van der Waals surface area contributed by atoms with Crippen molar-refractivity contribution in [1.29, 1.82) is 0 Å². The fourth-order valence-electron chi connectivity index (χ4n) is 2.70. The number of allylic oxidation sites excluding steroid dienone is 2. The van der Waals surface area contributed by atoms with Crippen LogP contribution in [0, 0.1) is 5.92 Å². The van der Waals surface area contributed by atoms with Crippen molar-refractivity contribution in [3.05, 3.63) is 42.0 Å². The summed E-state index contributed by atoms with van der Waals surface area (Å²) >= 11 is 0. The lowest BCUT2D eigenvalue weighted by Gasteiger charge is -2.12. The van der Waals surface area contributed by atoms with Crippen LogP contribution in [0.25, 0.3) is 0 Å². The highest BCUT2D eigenvalue weighted by Crippen LogP contribution is 2.15. The van der Waals surface area contributed by atoms with Gasteiger partial charge in [0.2, 0.25) is 0 Å². The molecule has 24 heavy (non-hydrogen) atoms. The second-order valence-corrected chi connectivity index (χ2v) is 6.34. The molecule has 0 unspecified atom stereocenters. The van der Waals surface area contributed by atoms with Gasteiger partial charge in [0.15, 0.2) is 0 Å². The van der Waals surface area contributed by atoms with Gasteiger partial charge in [-0.2, -0.15) is 0 Å². The van der Waals surface area contributed by atoms with Crippen molar-refractivity contribution in [2.45, 2.75) is 52.4 Å². The molecule has 0 aromatic heterocycles. The van der Waals surface area contributed by atoms with Crippen molar-refractivity contribution in [1.82, 2.24) is 0 Å². The lowest BCUT2D eigenvalue weighted by atomic mass is 9.91. The van der Waals surface area contributed by atoms with Crippen molar-refractivity contribution in [3.8, 4) is 0 Å². The molecule has 0 amide bonds. The SMILES string of the molecule is CCC(=O)C(CCC=CCCc1ccc(N(C)C)cc1)C(=O)CC. The summed E-state index contributed by atoms with van der Waals surface area (Å²) in [6.45, 7) is 3.66. The molecule has 0 N–H and O–H groups in total. The Morgan fingerprint density at radius 3 is 2.00 bits per heavy atom. The molecule has 0 aliphatic rings. The monoisotopic (exact) mass is 329 g/mol. The maximum atomic E-state index is 11.8. The minimum atomic E-state index is -0.400. The lowest BCUT2D eigenvalue weighted by molar-refractivity contribution is -0.132. The van der Waals surface area contributed by atoms with Crippen LogP contribution in [-0.2, 0) is 16.0 Å². The topological polar surface area (TPSA) is 37.4 Å². The fraction of sp³-hybridized carbons (Fsp3) is 0.524. The summed E-state index contributed by atoms with van der Waals surface area (Å²) in [6, 6.07) is 8.60. The molecule has 0 heterocycles. The second-order valence-electron chi connectivity index (χ2n) is 6.34. The van der Waals surface area contributed by atoms with Crippen LogP contribution in [-0.4, -0.2) is 25.7 Å². The van der Waals surface area contributed by atoms with Crippen molar-refractivity contribution in [2.75, 3.05) is 19.0 Å². The highest BCUT2D eigenvalue weighted by atomic mass is 16.1. The van der Waals surface area contributed by atoms with Crippen molar-refractivity contribution in [3.63, 3.8) is 0 Å². The third-order valence-corrected chi connectivity index (χ3v) is 4.32. The summed E-state index contributed by atoms with van der Waals surface area (Å²) in [5.74, 6) is -0.240. The van der Waals surface area contributed by atoms with Crippen LogP contribution < -0.4 is 4.90 Å². The first kappa shape index (κ1) is 20.1. The van der Waals surface area contributed by atoms with Crippen LogP contribution in [0.1, 0.15) is 51.5 Å². The van der Waals surface area contributed by atoms with Crippen molar-refractivity contribution >= 4 is 17.3 Å². The maximum absolute atomic E-state index is 11.8. The Balaban J connectivity index is 2.37. The number of rotatable bonds is 11. The summed E-state index contributed by atoms with van der Waals surface area (Å²) in [7, 11) is 4.08. The largest absolute Gasteiger partial charge is 0.378 e. The third kappa shape index (κ3) is 6.69. The van der Waals surface area contributed by atoms with Gasteiger partial charge in [0, 0.05) is 32.6 Å². The number of carbonyl (C=O) groups is 2. The number of benzene rings is 1. The third-order valence-electron chi connectivity index (χ3n) is 4.32. The van der Waals surface area contributed by atoms with Gasteiger partial charge >= 0.3 is 0 Å². The summed E-state index contributed by atoms with van der Waals surface area (Å²) < 4.78 is 0. The zero-order valence-corrected chi connectivity index (χ0v) is 15.5. The van der Waals surface area contributed by atoms with Crippen LogP contribution in [0.2, 0.25) is 0 Å². The predicted octanol–water partition coefficient (Wildman–Crippen LogP) is 4.60. The summed E-state index contributed by atoms with van der Waals surface area (Å²) in [6.07, 6.45) is 8.59. The van der Waals surface area contributed by atoms with Gasteiger partial charge in [-0.1, -0.05) is 38.1 Å². The Morgan fingerprint density at radius 1 is 0.958 bits per heavy atom. The molecule has 1 aromatic rings. The van der Waals surface area contributed by atoms with Crippen LogP contribution in [0.15, 0.2) is 36.4 Å². The molecule has 0 atom stereocenters. The van der Waals surface area contributed by atoms with Crippen LogP contribution >= 0.6 is 0 Å². The van der Waals surface area contributed by atoms with Crippen molar-refractivity contribution < 1.29 is 9.59 Å². The Labute approximate surface area is 146 Å². The van der Waals surface area contributed by atoms with E-state index in [1.807, 2.05) is 27.9 Å². The van der Waals surface area contributed by atoms with E-state index in [1.54, 1.807) is 0 Å². The Bertz CT molecular complexity index is 527. The quantitative estimate of drug-likeness (QED) is 0.440. The standard InChI is InChI=1S/C21H31NO2/c1-5-20(23)19(21(24)6-2)12-10-8-7-9-11-17-13-15-18(16-14-17)22(3)4/h7-8,13-16,19H,5-6,9-12H2,1-4H3. The van der Waals surface area contributed by atoms with Crippen LogP contribution in [0.5, 0.6) is 0 Å². The molecule has 0 saturated carbocycles. The Hall–Kier alpha value is -1.90. The predicted molar refractivity (Wildman–Crippen MR) is 102 cm³/mol. The average molecular weight is 329 g/mol. The average Bonchev–Trinajstić information content (AvgIpc) is 2.60. The van der Waals surface area contributed by atoms with E-state index in [2.05, 4.69) is 41.3 Å². The first-order valence-corrected chi connectivity index (χ1v) is 8.96. The molecule has 1 rings (SSSR count). The number of hydrogen-bond acceptors (Lipinski definition) is 3. The zero-order chi connectivity index (χ0) is 17.9. The van der Waals surface area contributed by atoms with E-state index in [0.717, 1.165) is 19.3 Å². The van der Waals surface area contributed by atoms with E-state index in [0.29, 0.717) is 19.3 Å². The summed E-state index contributed by atoms with van der Waals surface area (Å²) in [5.41, 5.74) is 2.53. The van der Waals surface area contributed by atoms with E-state index in [-0.39, 0.29) is 11.6 Å². The van der Waals surface area contributed by atoms with E-state index in [1.165, 1.54) is 11.3 Å². The molecular weight excluding hydrogens is 298 g/mol. The highest BCUT2D eigenvalue weighted by Gasteiger charge is 2.22. The first-order valence-electron chi connectivity index (χ1n) is 8.96. The molecule has 0 spiro atoms. The molecule has 3 nitrogen and oxygen atoms in total. The van der Waals surface area contributed by atoms with Gasteiger partial charge in [-0.25, -0.2) is 0 Å². The number of nitrogens with zero attached hydrogens (tertiary/aromatic N) is 1. The fourth-order valence-corrected chi connectivity index (χ4v) is 2.70. The van der Waals surface area contributed by atoms with E-state index >= 15 is 0 Å². The summed E-state index contributed by atoms with van der Waals surface area (Å²) in [4.78, 5) is 25.8. The maximum Gasteiger partial charge on any atom is 0.143 e. The van der Waals surface area contributed by atoms with Gasteiger partial charge in [-0.3, -0.25) is 9.59 Å². The minimum absolute atomic E-state index is 0.0798. The number of ketones is 2. The molecule has 0 aliphatic heterocycles. The smallest absolute Gasteiger partial charge is 0.143 e. The molecule has 0 bridgehead atoms. The molecule has 0 saturated heterocycles. The molecule has 3 heteroatoms. The molecule has 0 aliphatic carbocycles. The number of carbonyl (C=O) groups excluding carboxylic acids is 2. The molecular formula is C21H31NO2. The van der Waals surface area contributed by atoms with Gasteiger partial charge in [0.05, 0.1) is 5.92 Å². The van der Waals surface area contributed by atoms with Crippen LogP contribution in [0.3, 0.4) is 0 Å². The van der Waals surface area contributed by atoms with Gasteiger partial charge in [-0.15, -0.1) is 0 Å². The van der Waals surface area contributed by atoms with E-state index < -0.39 is 5.92 Å². The van der Waals surface area contributed by atoms with Gasteiger partial charge in [-0.05, 0) is 43.4 Å². The minimum Gasteiger partial charge on any atom is -0.378 e. The van der Waals surface area contributed by atoms with E-state index in [9.17, 15) is 9.59 Å². The van der Waals surface area contributed by atoms with E-state index in [4.69, 9.17) is 0 Å². The number of Topliss-reactive ketones (excluding diaryl/α,β-unsaturated/α-hetero) is 2. The number of anilines is 1. The number of aryl methyl sites for hydroxylation is 1. The van der Waals surface area contributed by atoms with Crippen molar-refractivity contribution in [2.24, 2.45) is 5.92 Å². The molecule has 0 fully saturated rings. The second kappa shape index (κ2) is 10.8. The van der Waals surface area contributed by atoms with Gasteiger partial charge in [0.25, 0.3) is 0 Å². The highest BCUT2D eigenvalue weighted by molar-refractivity contribution is 6.02.